The smallest absolute Gasteiger partial charge is 0.309 e. The second-order valence-corrected chi connectivity index (χ2v) is 5.40. The molecule has 1 atom stereocenters. The van der Waals surface area contributed by atoms with Crippen molar-refractivity contribution in [1.82, 2.24) is 10.3 Å². The maximum atomic E-state index is 12.5. The topological polar surface area (TPSA) is 24.9 Å². The summed E-state index contributed by atoms with van der Waals surface area (Å²) in [6.07, 6.45) is 0.232. The molecule has 0 aliphatic heterocycles. The molecule has 0 amide bonds. The van der Waals surface area contributed by atoms with Crippen molar-refractivity contribution in [3.05, 3.63) is 16.1 Å². The second-order valence-electron chi connectivity index (χ2n) is 4.33. The molecule has 1 aromatic rings. The zero-order valence-corrected chi connectivity index (χ0v) is 10.4. The molecule has 1 aromatic heterocycles. The largest absolute Gasteiger partial charge is 0.443 e. The number of halogens is 3. The van der Waals surface area contributed by atoms with Gasteiger partial charge in [-0.3, -0.25) is 0 Å². The van der Waals surface area contributed by atoms with Gasteiger partial charge in [-0.05, 0) is 31.7 Å². The molecule has 96 valence electrons. The zero-order chi connectivity index (χ0) is 12.5. The third kappa shape index (κ3) is 3.19. The Morgan fingerprint density at radius 2 is 2.24 bits per heavy atom. The van der Waals surface area contributed by atoms with E-state index in [1.807, 2.05) is 6.92 Å². The Hall–Kier alpha value is -0.620. The fraction of sp³-hybridized carbons (Fsp3) is 0.727. The Bertz CT molecular complexity index is 371. The van der Waals surface area contributed by atoms with Gasteiger partial charge < -0.3 is 5.32 Å². The van der Waals surface area contributed by atoms with Gasteiger partial charge in [0.05, 0.1) is 0 Å². The van der Waals surface area contributed by atoms with E-state index in [9.17, 15) is 13.2 Å². The Morgan fingerprint density at radius 1 is 1.53 bits per heavy atom. The molecule has 0 bridgehead atoms. The maximum Gasteiger partial charge on any atom is 0.443 e. The van der Waals surface area contributed by atoms with Crippen LogP contribution in [0.1, 0.15) is 42.1 Å². The van der Waals surface area contributed by atoms with E-state index >= 15 is 0 Å². The summed E-state index contributed by atoms with van der Waals surface area (Å²) in [6, 6.07) is 0.0588. The molecule has 0 spiro atoms. The molecule has 17 heavy (non-hydrogen) atoms. The van der Waals surface area contributed by atoms with Crippen LogP contribution in [0.2, 0.25) is 0 Å². The maximum absolute atomic E-state index is 12.5. The van der Waals surface area contributed by atoms with E-state index in [4.69, 9.17) is 0 Å². The molecule has 1 N–H and O–H groups in total. The number of alkyl halides is 3. The Balaban J connectivity index is 2.10. The lowest BCUT2D eigenvalue weighted by molar-refractivity contribution is -0.137. The normalized spacial score (nSPS) is 18.4. The molecule has 0 saturated heterocycles. The number of rotatable bonds is 5. The highest BCUT2D eigenvalue weighted by Crippen LogP contribution is 2.44. The number of hydrogen-bond donors (Lipinski definition) is 1. The van der Waals surface area contributed by atoms with Crippen molar-refractivity contribution in [2.75, 3.05) is 6.54 Å². The van der Waals surface area contributed by atoms with Crippen molar-refractivity contribution in [2.45, 2.75) is 38.4 Å². The van der Waals surface area contributed by atoms with Crippen LogP contribution in [-0.4, -0.2) is 11.5 Å². The standard InChI is InChI=1S/C11H15F3N2S/c1-2-5-15-9(7-3-4-7)8-6-16-10(17-8)11(12,13)14/h6-7,9,15H,2-5H2,1H3. The molecule has 1 fully saturated rings. The van der Waals surface area contributed by atoms with Gasteiger partial charge in [0.25, 0.3) is 0 Å². The van der Waals surface area contributed by atoms with Gasteiger partial charge in [-0.25, -0.2) is 4.98 Å². The molecule has 0 radical (unpaired) electrons. The average Bonchev–Trinajstić information content (AvgIpc) is 2.94. The van der Waals surface area contributed by atoms with Crippen molar-refractivity contribution in [3.63, 3.8) is 0 Å². The van der Waals surface area contributed by atoms with Crippen LogP contribution in [0.4, 0.5) is 13.2 Å². The molecular weight excluding hydrogens is 249 g/mol. The summed E-state index contributed by atoms with van der Waals surface area (Å²) >= 11 is 0.768. The first-order chi connectivity index (χ1) is 8.02. The SMILES string of the molecule is CCCNC(c1cnc(C(F)(F)F)s1)C1CC1. The fourth-order valence-electron chi connectivity index (χ4n) is 1.79. The van der Waals surface area contributed by atoms with Gasteiger partial charge in [0.1, 0.15) is 0 Å². The lowest BCUT2D eigenvalue weighted by Crippen LogP contribution is -2.22. The number of thiazole rings is 1. The van der Waals surface area contributed by atoms with Gasteiger partial charge in [0, 0.05) is 17.1 Å². The van der Waals surface area contributed by atoms with E-state index in [2.05, 4.69) is 10.3 Å². The molecule has 0 aromatic carbocycles. The fourth-order valence-corrected chi connectivity index (χ4v) is 2.74. The van der Waals surface area contributed by atoms with E-state index in [1.165, 1.54) is 6.20 Å². The van der Waals surface area contributed by atoms with Crippen molar-refractivity contribution in [1.29, 1.82) is 0 Å². The third-order valence-electron chi connectivity index (χ3n) is 2.78. The van der Waals surface area contributed by atoms with Crippen molar-refractivity contribution < 1.29 is 13.2 Å². The van der Waals surface area contributed by atoms with Gasteiger partial charge in [-0.1, -0.05) is 6.92 Å². The van der Waals surface area contributed by atoms with Crippen LogP contribution in [0.15, 0.2) is 6.20 Å². The van der Waals surface area contributed by atoms with E-state index < -0.39 is 11.2 Å². The van der Waals surface area contributed by atoms with Crippen LogP contribution in [0.5, 0.6) is 0 Å². The highest BCUT2D eigenvalue weighted by atomic mass is 32.1. The van der Waals surface area contributed by atoms with Crippen LogP contribution in [-0.2, 0) is 6.18 Å². The van der Waals surface area contributed by atoms with Gasteiger partial charge in [-0.2, -0.15) is 13.2 Å². The van der Waals surface area contributed by atoms with E-state index in [0.717, 1.165) is 37.1 Å². The Morgan fingerprint density at radius 3 is 2.71 bits per heavy atom. The van der Waals surface area contributed by atoms with Gasteiger partial charge in [0.15, 0.2) is 5.01 Å². The highest BCUT2D eigenvalue weighted by molar-refractivity contribution is 7.11. The lowest BCUT2D eigenvalue weighted by atomic mass is 10.1. The van der Waals surface area contributed by atoms with Gasteiger partial charge >= 0.3 is 6.18 Å². The minimum atomic E-state index is -4.32. The molecule has 6 heteroatoms. The summed E-state index contributed by atoms with van der Waals surface area (Å²) in [5.41, 5.74) is 0. The van der Waals surface area contributed by atoms with Crippen molar-refractivity contribution >= 4 is 11.3 Å². The first-order valence-electron chi connectivity index (χ1n) is 5.78. The molecule has 1 heterocycles. The van der Waals surface area contributed by atoms with E-state index in [0.29, 0.717) is 10.8 Å². The number of nitrogens with one attached hydrogen (secondary N) is 1. The molecular formula is C11H15F3N2S. The molecule has 1 unspecified atom stereocenters. The zero-order valence-electron chi connectivity index (χ0n) is 9.55. The van der Waals surface area contributed by atoms with Crippen LogP contribution in [0, 0.1) is 5.92 Å². The number of nitrogens with zero attached hydrogens (tertiary/aromatic N) is 1. The molecule has 1 saturated carbocycles. The quantitative estimate of drug-likeness (QED) is 0.878. The summed E-state index contributed by atoms with van der Waals surface area (Å²) in [5.74, 6) is 0.489. The molecule has 2 nitrogen and oxygen atoms in total. The van der Waals surface area contributed by atoms with E-state index in [1.54, 1.807) is 0 Å². The minimum absolute atomic E-state index is 0.0588. The highest BCUT2D eigenvalue weighted by Gasteiger charge is 2.38. The summed E-state index contributed by atoms with van der Waals surface area (Å²) in [7, 11) is 0. The average molecular weight is 264 g/mol. The first kappa shape index (κ1) is 12.8. The van der Waals surface area contributed by atoms with Crippen molar-refractivity contribution in [3.8, 4) is 0 Å². The van der Waals surface area contributed by atoms with Crippen LogP contribution < -0.4 is 5.32 Å². The van der Waals surface area contributed by atoms with Crippen LogP contribution in [0.25, 0.3) is 0 Å². The van der Waals surface area contributed by atoms with Crippen molar-refractivity contribution in [2.24, 2.45) is 5.92 Å². The summed E-state index contributed by atoms with van der Waals surface area (Å²) in [6.45, 7) is 2.88. The summed E-state index contributed by atoms with van der Waals surface area (Å²) < 4.78 is 37.4. The molecule has 1 aliphatic carbocycles. The van der Waals surface area contributed by atoms with Gasteiger partial charge in [0.2, 0.25) is 0 Å². The monoisotopic (exact) mass is 264 g/mol. The molecule has 2 rings (SSSR count). The Kier molecular flexibility index (Phi) is 3.73. The third-order valence-corrected chi connectivity index (χ3v) is 3.91. The first-order valence-corrected chi connectivity index (χ1v) is 6.60. The van der Waals surface area contributed by atoms with Crippen LogP contribution in [0.3, 0.4) is 0 Å². The van der Waals surface area contributed by atoms with Gasteiger partial charge in [-0.15, -0.1) is 11.3 Å². The predicted octanol–water partition coefficient (Wildman–Crippen LogP) is 3.61. The molecule has 1 aliphatic rings. The number of aromatic nitrogens is 1. The summed E-state index contributed by atoms with van der Waals surface area (Å²) in [4.78, 5) is 4.20. The second kappa shape index (κ2) is 4.94. The van der Waals surface area contributed by atoms with E-state index in [-0.39, 0.29) is 6.04 Å². The summed E-state index contributed by atoms with van der Waals surface area (Å²) in [5, 5.41) is 2.58. The number of hydrogen-bond acceptors (Lipinski definition) is 3. The lowest BCUT2D eigenvalue weighted by Gasteiger charge is -2.15. The Labute approximate surface area is 102 Å². The minimum Gasteiger partial charge on any atom is -0.309 e. The van der Waals surface area contributed by atoms with Crippen LogP contribution >= 0.6 is 11.3 Å². The predicted molar refractivity (Wildman–Crippen MR) is 60.9 cm³/mol.